The van der Waals surface area contributed by atoms with Crippen molar-refractivity contribution in [3.8, 4) is 6.07 Å². The Labute approximate surface area is 115 Å². The zero-order chi connectivity index (χ0) is 14.6. The van der Waals surface area contributed by atoms with Gasteiger partial charge in [0.15, 0.2) is 0 Å². The molecule has 0 aliphatic rings. The first-order chi connectivity index (χ1) is 8.77. The number of aliphatic carboxylic acids is 1. The Morgan fingerprint density at radius 2 is 2.16 bits per heavy atom. The van der Waals surface area contributed by atoms with Gasteiger partial charge in [-0.25, -0.2) is 8.42 Å². The van der Waals surface area contributed by atoms with Crippen molar-refractivity contribution in [2.24, 2.45) is 5.92 Å². The standard InChI is InChI=1S/C11H14N2O4S2/c1-8(2)6-13(7-10(14)15)19(16,17)11-4-3-9(5-12)18-11/h3-4,8H,6-7H2,1-2H3,(H,14,15). The van der Waals surface area contributed by atoms with E-state index in [9.17, 15) is 13.2 Å². The minimum Gasteiger partial charge on any atom is -0.480 e. The van der Waals surface area contributed by atoms with Crippen molar-refractivity contribution in [3.05, 3.63) is 17.0 Å². The maximum atomic E-state index is 12.3. The van der Waals surface area contributed by atoms with Crippen molar-refractivity contribution in [2.45, 2.75) is 18.1 Å². The number of nitrogens with zero attached hydrogens (tertiary/aromatic N) is 2. The Balaban J connectivity index is 3.11. The van der Waals surface area contributed by atoms with Crippen molar-refractivity contribution in [1.29, 1.82) is 5.26 Å². The fourth-order valence-electron chi connectivity index (χ4n) is 1.45. The molecule has 104 valence electrons. The molecule has 1 N–H and O–H groups in total. The van der Waals surface area contributed by atoms with Crippen LogP contribution in [0.25, 0.3) is 0 Å². The molecule has 0 unspecified atom stereocenters. The monoisotopic (exact) mass is 302 g/mol. The van der Waals surface area contributed by atoms with Crippen molar-refractivity contribution < 1.29 is 18.3 Å². The van der Waals surface area contributed by atoms with Gasteiger partial charge in [0.25, 0.3) is 10.0 Å². The van der Waals surface area contributed by atoms with E-state index in [2.05, 4.69) is 0 Å². The second-order valence-corrected chi connectivity index (χ2v) is 7.56. The Kier molecular flexibility index (Phi) is 5.05. The van der Waals surface area contributed by atoms with E-state index in [1.165, 1.54) is 12.1 Å². The molecule has 1 heterocycles. The van der Waals surface area contributed by atoms with E-state index >= 15 is 0 Å². The minimum atomic E-state index is -3.86. The molecule has 0 radical (unpaired) electrons. The minimum absolute atomic E-state index is 0.00419. The van der Waals surface area contributed by atoms with E-state index in [-0.39, 0.29) is 21.5 Å². The van der Waals surface area contributed by atoms with Gasteiger partial charge in [0.2, 0.25) is 0 Å². The third kappa shape index (κ3) is 4.02. The number of carboxylic acid groups (broad SMARTS) is 1. The summed E-state index contributed by atoms with van der Waals surface area (Å²) in [5, 5.41) is 17.5. The van der Waals surface area contributed by atoms with Gasteiger partial charge in [0.05, 0.1) is 0 Å². The molecule has 0 saturated heterocycles. The number of thiophene rings is 1. The van der Waals surface area contributed by atoms with E-state index in [0.29, 0.717) is 0 Å². The van der Waals surface area contributed by atoms with E-state index in [1.54, 1.807) is 13.8 Å². The maximum Gasteiger partial charge on any atom is 0.318 e. The van der Waals surface area contributed by atoms with Crippen molar-refractivity contribution >= 4 is 27.3 Å². The molecule has 0 bridgehead atoms. The molecule has 0 spiro atoms. The molecular weight excluding hydrogens is 288 g/mol. The molecule has 0 saturated carbocycles. The van der Waals surface area contributed by atoms with Gasteiger partial charge in [-0.1, -0.05) is 13.8 Å². The summed E-state index contributed by atoms with van der Waals surface area (Å²) in [4.78, 5) is 11.1. The molecular formula is C11H14N2O4S2. The SMILES string of the molecule is CC(C)CN(CC(=O)O)S(=O)(=O)c1ccc(C#N)s1. The highest BCUT2D eigenvalue weighted by Gasteiger charge is 2.28. The predicted octanol–water partition coefficient (Wildman–Crippen LogP) is 1.35. The zero-order valence-corrected chi connectivity index (χ0v) is 12.2. The van der Waals surface area contributed by atoms with Gasteiger partial charge in [-0.15, -0.1) is 11.3 Å². The summed E-state index contributed by atoms with van der Waals surface area (Å²) in [6, 6.07) is 4.59. The highest BCUT2D eigenvalue weighted by molar-refractivity contribution is 7.91. The largest absolute Gasteiger partial charge is 0.480 e. The van der Waals surface area contributed by atoms with E-state index < -0.39 is 22.5 Å². The van der Waals surface area contributed by atoms with Crippen LogP contribution in [0.5, 0.6) is 0 Å². The summed E-state index contributed by atoms with van der Waals surface area (Å²) in [6.07, 6.45) is 0. The number of carboxylic acids is 1. The summed E-state index contributed by atoms with van der Waals surface area (Å²) in [7, 11) is -3.86. The second kappa shape index (κ2) is 6.14. The van der Waals surface area contributed by atoms with Gasteiger partial charge in [-0.2, -0.15) is 9.57 Å². The Morgan fingerprint density at radius 3 is 2.58 bits per heavy atom. The summed E-state index contributed by atoms with van der Waals surface area (Å²) >= 11 is 0.839. The van der Waals surface area contributed by atoms with Crippen LogP contribution in [0.1, 0.15) is 18.7 Å². The fourth-order valence-corrected chi connectivity index (χ4v) is 4.26. The smallest absolute Gasteiger partial charge is 0.318 e. The first-order valence-electron chi connectivity index (χ1n) is 5.49. The van der Waals surface area contributed by atoms with Crippen LogP contribution in [0.15, 0.2) is 16.3 Å². The van der Waals surface area contributed by atoms with E-state index in [4.69, 9.17) is 10.4 Å². The molecule has 0 aromatic carbocycles. The molecule has 0 aliphatic heterocycles. The summed E-state index contributed by atoms with van der Waals surface area (Å²) in [6.45, 7) is 3.15. The van der Waals surface area contributed by atoms with Gasteiger partial charge in [-0.3, -0.25) is 4.79 Å². The predicted molar refractivity (Wildman–Crippen MR) is 70.3 cm³/mol. The van der Waals surface area contributed by atoms with Crippen LogP contribution in [0, 0.1) is 17.2 Å². The Hall–Kier alpha value is -1.43. The van der Waals surface area contributed by atoms with Crippen LogP contribution in [0.4, 0.5) is 0 Å². The number of sulfonamides is 1. The first-order valence-corrected chi connectivity index (χ1v) is 7.75. The lowest BCUT2D eigenvalue weighted by atomic mass is 10.2. The van der Waals surface area contributed by atoms with Crippen LogP contribution >= 0.6 is 11.3 Å². The summed E-state index contributed by atoms with van der Waals surface area (Å²) < 4.78 is 25.5. The van der Waals surface area contributed by atoms with Gasteiger partial charge >= 0.3 is 5.97 Å². The number of nitriles is 1. The Morgan fingerprint density at radius 1 is 1.53 bits per heavy atom. The lowest BCUT2D eigenvalue weighted by molar-refractivity contribution is -0.137. The first kappa shape index (κ1) is 15.6. The highest BCUT2D eigenvalue weighted by atomic mass is 32.2. The third-order valence-electron chi connectivity index (χ3n) is 2.17. The number of hydrogen-bond donors (Lipinski definition) is 1. The zero-order valence-electron chi connectivity index (χ0n) is 10.5. The van der Waals surface area contributed by atoms with Gasteiger partial charge in [-0.05, 0) is 18.1 Å². The number of hydrogen-bond acceptors (Lipinski definition) is 5. The molecule has 0 atom stereocenters. The topological polar surface area (TPSA) is 98.5 Å². The molecule has 0 fully saturated rings. The summed E-state index contributed by atoms with van der Waals surface area (Å²) in [5.74, 6) is -1.20. The van der Waals surface area contributed by atoms with E-state index in [1.807, 2.05) is 6.07 Å². The fraction of sp³-hybridized carbons (Fsp3) is 0.455. The second-order valence-electron chi connectivity index (χ2n) is 4.32. The number of rotatable bonds is 6. The van der Waals surface area contributed by atoms with Crippen LogP contribution in [0.2, 0.25) is 0 Å². The lowest BCUT2D eigenvalue weighted by Crippen LogP contribution is -2.37. The van der Waals surface area contributed by atoms with Gasteiger partial charge in [0, 0.05) is 6.54 Å². The molecule has 6 nitrogen and oxygen atoms in total. The van der Waals surface area contributed by atoms with Crippen molar-refractivity contribution in [1.82, 2.24) is 4.31 Å². The molecule has 1 aromatic heterocycles. The highest BCUT2D eigenvalue weighted by Crippen LogP contribution is 2.24. The molecule has 8 heteroatoms. The number of carbonyl (C=O) groups is 1. The van der Waals surface area contributed by atoms with Crippen molar-refractivity contribution in [3.63, 3.8) is 0 Å². The molecule has 1 rings (SSSR count). The summed E-state index contributed by atoms with van der Waals surface area (Å²) in [5.41, 5.74) is 0. The third-order valence-corrected chi connectivity index (χ3v) is 5.44. The van der Waals surface area contributed by atoms with Gasteiger partial charge in [0.1, 0.15) is 21.7 Å². The molecule has 0 aliphatic carbocycles. The average molecular weight is 302 g/mol. The van der Waals surface area contributed by atoms with E-state index in [0.717, 1.165) is 15.6 Å². The molecule has 0 amide bonds. The normalized spacial score (nSPS) is 11.7. The Bertz CT molecular complexity index is 598. The van der Waals surface area contributed by atoms with Crippen LogP contribution < -0.4 is 0 Å². The quantitative estimate of drug-likeness (QED) is 0.855. The van der Waals surface area contributed by atoms with Crippen LogP contribution in [-0.4, -0.2) is 36.9 Å². The lowest BCUT2D eigenvalue weighted by Gasteiger charge is -2.21. The van der Waals surface area contributed by atoms with Gasteiger partial charge < -0.3 is 5.11 Å². The van der Waals surface area contributed by atoms with Crippen molar-refractivity contribution in [2.75, 3.05) is 13.1 Å². The molecule has 19 heavy (non-hydrogen) atoms. The maximum absolute atomic E-state index is 12.3. The van der Waals surface area contributed by atoms with Crippen LogP contribution in [-0.2, 0) is 14.8 Å². The molecule has 1 aromatic rings. The average Bonchev–Trinajstić information content (AvgIpc) is 2.75. The van der Waals surface area contributed by atoms with Crippen LogP contribution in [0.3, 0.4) is 0 Å².